The molecule has 6 N–H and O–H groups in total. The molecule has 0 saturated heterocycles. The van der Waals surface area contributed by atoms with Crippen molar-refractivity contribution in [3.05, 3.63) is 94.1 Å². The SMILES string of the molecule is CC(=O)O.COCc1cc2cc(C(Nc3ccc(C(=N)N)cc3)c3nn(-c4ncccn4)c(=O)[nH]3)cc(OC)c2o1. The summed E-state index contributed by atoms with van der Waals surface area (Å²) in [5.74, 6) is 0.774. The highest BCUT2D eigenvalue weighted by atomic mass is 16.5. The number of H-pyrrole nitrogens is 1. The van der Waals surface area contributed by atoms with Crippen LogP contribution in [0.25, 0.3) is 16.9 Å². The molecule has 5 aromatic rings. The lowest BCUT2D eigenvalue weighted by atomic mass is 10.0. The van der Waals surface area contributed by atoms with Gasteiger partial charge in [0.05, 0.1) is 7.11 Å². The molecule has 3 heterocycles. The number of nitrogens with one attached hydrogen (secondary N) is 3. The van der Waals surface area contributed by atoms with Crippen LogP contribution in [0.1, 0.15) is 35.7 Å². The molecule has 0 aliphatic heterocycles. The molecule has 0 spiro atoms. The summed E-state index contributed by atoms with van der Waals surface area (Å²) in [6, 6.07) is 13.7. The number of fused-ring (bicyclic) bond motifs is 1. The number of nitrogen functional groups attached to an aromatic ring is 1. The molecular formula is C27H28N8O6. The van der Waals surface area contributed by atoms with Crippen molar-refractivity contribution in [1.82, 2.24) is 24.7 Å². The summed E-state index contributed by atoms with van der Waals surface area (Å²) in [4.78, 5) is 32.9. The van der Waals surface area contributed by atoms with Gasteiger partial charge in [0.25, 0.3) is 11.9 Å². The zero-order chi connectivity index (χ0) is 29.5. The number of nitrogens with zero attached hydrogens (tertiary/aromatic N) is 4. The normalized spacial score (nSPS) is 11.4. The summed E-state index contributed by atoms with van der Waals surface area (Å²) in [6.07, 6.45) is 3.06. The van der Waals surface area contributed by atoms with Gasteiger partial charge in [0.2, 0.25) is 0 Å². The Hall–Kier alpha value is -5.50. The van der Waals surface area contributed by atoms with E-state index in [-0.39, 0.29) is 11.8 Å². The van der Waals surface area contributed by atoms with Crippen LogP contribution in [0, 0.1) is 5.41 Å². The topological polar surface area (TPSA) is 207 Å². The highest BCUT2D eigenvalue weighted by Crippen LogP contribution is 2.35. The molecular weight excluding hydrogens is 532 g/mol. The first-order valence-corrected chi connectivity index (χ1v) is 12.2. The quantitative estimate of drug-likeness (QED) is 0.131. The third kappa shape index (κ3) is 6.75. The zero-order valence-corrected chi connectivity index (χ0v) is 22.4. The van der Waals surface area contributed by atoms with Crippen LogP contribution in [0.4, 0.5) is 5.69 Å². The minimum absolute atomic E-state index is 0.0314. The Morgan fingerprint density at radius 2 is 1.88 bits per heavy atom. The highest BCUT2D eigenvalue weighted by Gasteiger charge is 2.24. The average Bonchev–Trinajstić information content (AvgIpc) is 3.54. The van der Waals surface area contributed by atoms with Crippen molar-refractivity contribution in [2.45, 2.75) is 19.6 Å². The lowest BCUT2D eigenvalue weighted by Gasteiger charge is -2.19. The smallest absolute Gasteiger partial charge is 0.350 e. The van der Waals surface area contributed by atoms with Crippen molar-refractivity contribution in [3.63, 3.8) is 0 Å². The fraction of sp³-hybridized carbons (Fsp3) is 0.185. The fourth-order valence-corrected chi connectivity index (χ4v) is 3.96. The van der Waals surface area contributed by atoms with Crippen molar-refractivity contribution in [1.29, 1.82) is 5.41 Å². The molecule has 5 rings (SSSR count). The first-order valence-electron chi connectivity index (χ1n) is 12.2. The number of aromatic nitrogens is 5. The van der Waals surface area contributed by atoms with E-state index >= 15 is 0 Å². The standard InChI is InChI=1S/C25H24N8O4.C2H4O2/c1-35-13-18-11-16-10-15(12-19(36-2)21(16)37-18)20(30-17-6-4-14(5-7-17)22(26)27)23-31-25(34)33(32-23)24-28-8-3-9-29-24;1-2(3)4/h3-12,20,30H,13H2,1-2H3,(H3,26,27)(H,31,32,34);1H3,(H,3,4). The number of methoxy groups -OCH3 is 2. The van der Waals surface area contributed by atoms with E-state index in [0.29, 0.717) is 40.8 Å². The fourth-order valence-electron chi connectivity index (χ4n) is 3.96. The molecule has 0 aliphatic rings. The molecule has 41 heavy (non-hydrogen) atoms. The van der Waals surface area contributed by atoms with Gasteiger partial charge in [-0.2, -0.15) is 0 Å². The Morgan fingerprint density at radius 3 is 2.49 bits per heavy atom. The van der Waals surface area contributed by atoms with Gasteiger partial charge in [0.15, 0.2) is 17.2 Å². The molecule has 0 radical (unpaired) electrons. The summed E-state index contributed by atoms with van der Waals surface area (Å²) < 4.78 is 17.8. The Morgan fingerprint density at radius 1 is 1.20 bits per heavy atom. The van der Waals surface area contributed by atoms with E-state index in [1.54, 1.807) is 44.6 Å². The Bertz CT molecular complexity index is 1710. The zero-order valence-electron chi connectivity index (χ0n) is 22.4. The molecule has 1 atom stereocenters. The molecule has 0 fully saturated rings. The molecule has 3 aromatic heterocycles. The molecule has 14 nitrogen and oxygen atoms in total. The molecule has 0 bridgehead atoms. The first-order chi connectivity index (χ1) is 19.7. The van der Waals surface area contributed by atoms with Gasteiger partial charge in [-0.25, -0.2) is 14.8 Å². The lowest BCUT2D eigenvalue weighted by Crippen LogP contribution is -2.18. The van der Waals surface area contributed by atoms with Crippen LogP contribution in [0.15, 0.2) is 70.1 Å². The number of nitrogens with two attached hydrogens (primary N) is 1. The second-order valence-electron chi connectivity index (χ2n) is 8.65. The van der Waals surface area contributed by atoms with Crippen molar-refractivity contribution in [2.24, 2.45) is 5.73 Å². The maximum absolute atomic E-state index is 12.8. The summed E-state index contributed by atoms with van der Waals surface area (Å²) in [5.41, 5.74) is 7.75. The van der Waals surface area contributed by atoms with Gasteiger partial charge in [0.1, 0.15) is 24.2 Å². The third-order valence-corrected chi connectivity index (χ3v) is 5.65. The van der Waals surface area contributed by atoms with Gasteiger partial charge >= 0.3 is 5.69 Å². The van der Waals surface area contributed by atoms with Crippen molar-refractivity contribution >= 4 is 28.5 Å². The van der Waals surface area contributed by atoms with Crippen LogP contribution in [-0.4, -0.2) is 55.9 Å². The summed E-state index contributed by atoms with van der Waals surface area (Å²) in [6.45, 7) is 1.39. The van der Waals surface area contributed by atoms with Crippen LogP contribution < -0.4 is 21.5 Å². The molecule has 0 aliphatic carbocycles. The number of hydrogen-bond donors (Lipinski definition) is 5. The predicted octanol–water partition coefficient (Wildman–Crippen LogP) is 2.83. The number of carboxylic acid groups (broad SMARTS) is 1. The lowest BCUT2D eigenvalue weighted by molar-refractivity contribution is -0.134. The summed E-state index contributed by atoms with van der Waals surface area (Å²) in [7, 11) is 3.15. The molecule has 212 valence electrons. The van der Waals surface area contributed by atoms with E-state index in [1.165, 1.54) is 12.4 Å². The minimum atomic E-state index is -0.833. The van der Waals surface area contributed by atoms with E-state index < -0.39 is 17.7 Å². The van der Waals surface area contributed by atoms with E-state index in [9.17, 15) is 4.79 Å². The third-order valence-electron chi connectivity index (χ3n) is 5.65. The maximum Gasteiger partial charge on any atom is 0.350 e. The predicted molar refractivity (Wildman–Crippen MR) is 149 cm³/mol. The van der Waals surface area contributed by atoms with Crippen LogP contribution in [0.2, 0.25) is 0 Å². The number of furan rings is 1. The number of hydrogen-bond acceptors (Lipinski definition) is 10. The van der Waals surface area contributed by atoms with E-state index in [2.05, 4.69) is 25.4 Å². The number of aromatic amines is 1. The second-order valence-corrected chi connectivity index (χ2v) is 8.65. The van der Waals surface area contributed by atoms with Crippen molar-refractivity contribution < 1.29 is 23.8 Å². The largest absolute Gasteiger partial charge is 0.493 e. The van der Waals surface area contributed by atoms with Crippen LogP contribution in [0.5, 0.6) is 5.75 Å². The van der Waals surface area contributed by atoms with Crippen LogP contribution in [-0.2, 0) is 16.1 Å². The van der Waals surface area contributed by atoms with Crippen molar-refractivity contribution in [3.8, 4) is 11.7 Å². The number of benzene rings is 2. The van der Waals surface area contributed by atoms with E-state index in [4.69, 9.17) is 34.9 Å². The second kappa shape index (κ2) is 12.6. The van der Waals surface area contributed by atoms with Gasteiger partial charge in [-0.1, -0.05) is 0 Å². The molecule has 0 amide bonds. The van der Waals surface area contributed by atoms with Crippen molar-refractivity contribution in [2.75, 3.05) is 19.5 Å². The Kier molecular flexibility index (Phi) is 8.74. The number of anilines is 1. The number of carbonyl (C=O) groups is 1. The van der Waals surface area contributed by atoms with Gasteiger partial charge in [-0.15, -0.1) is 9.78 Å². The summed E-state index contributed by atoms with van der Waals surface area (Å²) in [5, 5.41) is 23.8. The van der Waals surface area contributed by atoms with E-state index in [0.717, 1.165) is 22.6 Å². The number of amidine groups is 1. The molecule has 2 aromatic carbocycles. The van der Waals surface area contributed by atoms with Gasteiger partial charge in [-0.3, -0.25) is 15.2 Å². The van der Waals surface area contributed by atoms with Gasteiger partial charge in [-0.05, 0) is 54.1 Å². The minimum Gasteiger partial charge on any atom is -0.493 e. The Balaban J connectivity index is 0.000000909. The average molecular weight is 561 g/mol. The number of ether oxygens (including phenoxy) is 2. The maximum atomic E-state index is 12.8. The Labute approximate surface area is 233 Å². The summed E-state index contributed by atoms with van der Waals surface area (Å²) >= 11 is 0. The molecule has 1 unspecified atom stereocenters. The number of carboxylic acids is 1. The molecule has 14 heteroatoms. The highest BCUT2D eigenvalue weighted by molar-refractivity contribution is 5.95. The van der Waals surface area contributed by atoms with E-state index in [1.807, 2.05) is 18.2 Å². The monoisotopic (exact) mass is 560 g/mol. The van der Waals surface area contributed by atoms with Gasteiger partial charge in [0, 0.05) is 43.1 Å². The number of rotatable bonds is 9. The molecule has 0 saturated carbocycles. The van der Waals surface area contributed by atoms with Crippen LogP contribution >= 0.6 is 0 Å². The number of aliphatic carboxylic acids is 1. The van der Waals surface area contributed by atoms with Crippen LogP contribution in [0.3, 0.4) is 0 Å². The van der Waals surface area contributed by atoms with Gasteiger partial charge < -0.3 is 30.0 Å². The first kappa shape index (κ1) is 28.5.